The van der Waals surface area contributed by atoms with E-state index in [0.717, 1.165) is 24.3 Å². The smallest absolute Gasteiger partial charge is 0.317 e. The molecule has 3 aromatic rings. The van der Waals surface area contributed by atoms with Crippen LogP contribution in [0.3, 0.4) is 0 Å². The number of aromatic hydroxyl groups is 4. The second-order valence-corrected chi connectivity index (χ2v) is 8.51. The molecule has 0 spiro atoms. The Morgan fingerprint density at radius 3 is 2.28 bits per heavy atom. The van der Waals surface area contributed by atoms with Crippen LogP contribution in [0.1, 0.15) is 6.42 Å². The van der Waals surface area contributed by atoms with E-state index in [2.05, 4.69) is 0 Å². The maximum absolute atomic E-state index is 12.7. The Morgan fingerprint density at radius 1 is 0.897 bits per heavy atom. The standard InChI is InChI=1S/C24H22O15/c25-9-2-1-8(3-10(9)26)12-4-11(27)18-13(37-12)5-14(19(31)21(18)33)38-24-23(35)22(34)20(32)15(39-24)7-36-17(30)6-16(28)29/h1-5,15,20,22-26,31-35H,6-7H2,(H,28,29)/t15?,20-,22+,23?,24-/m1/s1. The van der Waals surface area contributed by atoms with Crippen LogP contribution in [0.15, 0.2) is 39.5 Å². The maximum atomic E-state index is 12.7. The lowest BCUT2D eigenvalue weighted by atomic mass is 9.99. The van der Waals surface area contributed by atoms with Crippen molar-refractivity contribution in [1.29, 1.82) is 0 Å². The first-order valence-electron chi connectivity index (χ1n) is 11.2. The van der Waals surface area contributed by atoms with Gasteiger partial charge >= 0.3 is 11.9 Å². The molecule has 2 unspecified atom stereocenters. The van der Waals surface area contributed by atoms with Crippen LogP contribution < -0.4 is 10.2 Å². The van der Waals surface area contributed by atoms with Gasteiger partial charge in [-0.2, -0.15) is 0 Å². The van der Waals surface area contributed by atoms with Crippen LogP contribution in [0.4, 0.5) is 0 Å². The molecule has 1 aliphatic rings. The summed E-state index contributed by atoms with van der Waals surface area (Å²) in [7, 11) is 0. The fourth-order valence-corrected chi connectivity index (χ4v) is 3.80. The van der Waals surface area contributed by atoms with Crippen molar-refractivity contribution in [2.45, 2.75) is 37.1 Å². The lowest BCUT2D eigenvalue weighted by Gasteiger charge is -2.39. The fraction of sp³-hybridized carbons (Fsp3) is 0.292. The van der Waals surface area contributed by atoms with Crippen molar-refractivity contribution in [1.82, 2.24) is 0 Å². The van der Waals surface area contributed by atoms with Gasteiger partial charge in [0.25, 0.3) is 0 Å². The van der Waals surface area contributed by atoms with Gasteiger partial charge in [0, 0.05) is 17.7 Å². The number of aliphatic hydroxyl groups is 3. The number of fused-ring (bicyclic) bond motifs is 1. The summed E-state index contributed by atoms with van der Waals surface area (Å²) < 4.78 is 21.1. The van der Waals surface area contributed by atoms with Crippen molar-refractivity contribution >= 4 is 22.9 Å². The number of ether oxygens (including phenoxy) is 3. The zero-order valence-electron chi connectivity index (χ0n) is 19.6. The first-order chi connectivity index (χ1) is 18.4. The summed E-state index contributed by atoms with van der Waals surface area (Å²) in [5.74, 6) is -6.18. The SMILES string of the molecule is O=C(O)CC(=O)OCC1O[C@@H](Oc2cc3oc(-c4ccc(O)c(O)c4)cc(=O)c3c(O)c2O)C(O)[C@@H](O)[C@@H]1O. The van der Waals surface area contributed by atoms with Gasteiger partial charge < -0.3 is 59.5 Å². The largest absolute Gasteiger partial charge is 0.504 e. The molecule has 0 bridgehead atoms. The topological polar surface area (TPSA) is 254 Å². The van der Waals surface area contributed by atoms with Crippen LogP contribution in [-0.4, -0.2) is 90.1 Å². The van der Waals surface area contributed by atoms with Gasteiger partial charge in [0.1, 0.15) is 54.2 Å². The number of carbonyl (C=O) groups is 2. The molecule has 1 fully saturated rings. The average molecular weight is 550 g/mol. The molecule has 0 aliphatic carbocycles. The molecule has 0 radical (unpaired) electrons. The molecule has 2 heterocycles. The van der Waals surface area contributed by atoms with Gasteiger partial charge in [-0.3, -0.25) is 14.4 Å². The van der Waals surface area contributed by atoms with Crippen molar-refractivity contribution in [2.24, 2.45) is 0 Å². The van der Waals surface area contributed by atoms with Crippen LogP contribution in [0.2, 0.25) is 0 Å². The molecule has 0 saturated carbocycles. The average Bonchev–Trinajstić information content (AvgIpc) is 2.87. The van der Waals surface area contributed by atoms with E-state index < -0.39 is 95.2 Å². The van der Waals surface area contributed by atoms with E-state index in [9.17, 15) is 50.1 Å². The van der Waals surface area contributed by atoms with Gasteiger partial charge in [0.2, 0.25) is 12.0 Å². The first-order valence-corrected chi connectivity index (χ1v) is 11.2. The molecule has 5 atom stereocenters. The Balaban J connectivity index is 1.65. The van der Waals surface area contributed by atoms with Crippen molar-refractivity contribution in [3.63, 3.8) is 0 Å². The Kier molecular flexibility index (Phi) is 7.51. The summed E-state index contributed by atoms with van der Waals surface area (Å²) in [4.78, 5) is 34.8. The predicted octanol–water partition coefficient (Wildman–Crippen LogP) is -0.513. The van der Waals surface area contributed by atoms with Gasteiger partial charge in [-0.1, -0.05) is 0 Å². The maximum Gasteiger partial charge on any atom is 0.317 e. The third kappa shape index (κ3) is 5.51. The highest BCUT2D eigenvalue weighted by Gasteiger charge is 2.46. The van der Waals surface area contributed by atoms with E-state index in [1.165, 1.54) is 6.07 Å². The van der Waals surface area contributed by atoms with Crippen LogP contribution in [0.5, 0.6) is 28.7 Å². The molecule has 2 aromatic carbocycles. The number of rotatable bonds is 7. The Hall–Kier alpha value is -4.57. The molecule has 1 aromatic heterocycles. The summed E-state index contributed by atoms with van der Waals surface area (Å²) in [6.45, 7) is -0.733. The molecule has 15 heteroatoms. The number of carboxylic acid groups (broad SMARTS) is 1. The van der Waals surface area contributed by atoms with E-state index in [4.69, 9.17) is 23.7 Å². The second kappa shape index (κ2) is 10.7. The fourth-order valence-electron chi connectivity index (χ4n) is 3.80. The number of carbonyl (C=O) groups excluding carboxylic acids is 1. The number of aliphatic hydroxyl groups excluding tert-OH is 3. The van der Waals surface area contributed by atoms with E-state index >= 15 is 0 Å². The summed E-state index contributed by atoms with van der Waals surface area (Å²) in [5, 5.41) is 79.1. The summed E-state index contributed by atoms with van der Waals surface area (Å²) in [6, 6.07) is 5.52. The first kappa shape index (κ1) is 27.5. The molecule has 1 aliphatic heterocycles. The van der Waals surface area contributed by atoms with Crippen LogP contribution >= 0.6 is 0 Å². The molecule has 39 heavy (non-hydrogen) atoms. The van der Waals surface area contributed by atoms with E-state index in [0.29, 0.717) is 0 Å². The van der Waals surface area contributed by atoms with E-state index in [-0.39, 0.29) is 16.9 Å². The number of carboxylic acids is 1. The Bertz CT molecular complexity index is 1480. The lowest BCUT2D eigenvalue weighted by molar-refractivity contribution is -0.278. The van der Waals surface area contributed by atoms with Crippen molar-refractivity contribution < 1.29 is 69.1 Å². The van der Waals surface area contributed by atoms with Crippen LogP contribution in [0, 0.1) is 0 Å². The van der Waals surface area contributed by atoms with Crippen molar-refractivity contribution in [2.75, 3.05) is 6.61 Å². The Morgan fingerprint density at radius 2 is 1.62 bits per heavy atom. The molecule has 8 N–H and O–H groups in total. The molecule has 15 nitrogen and oxygen atoms in total. The van der Waals surface area contributed by atoms with Crippen LogP contribution in [0.25, 0.3) is 22.3 Å². The summed E-state index contributed by atoms with van der Waals surface area (Å²) >= 11 is 0. The van der Waals surface area contributed by atoms with E-state index in [1.54, 1.807) is 0 Å². The third-order valence-corrected chi connectivity index (χ3v) is 5.81. The molecular weight excluding hydrogens is 528 g/mol. The minimum absolute atomic E-state index is 0.102. The van der Waals surface area contributed by atoms with Gasteiger partial charge in [0.05, 0.1) is 0 Å². The molecule has 1 saturated heterocycles. The van der Waals surface area contributed by atoms with Crippen LogP contribution in [-0.2, 0) is 19.1 Å². The zero-order chi connectivity index (χ0) is 28.6. The summed E-state index contributed by atoms with van der Waals surface area (Å²) in [5.41, 5.74) is -0.947. The highest BCUT2D eigenvalue weighted by atomic mass is 16.7. The molecular formula is C24H22O15. The second-order valence-electron chi connectivity index (χ2n) is 8.51. The number of phenolic OH excluding ortho intramolecular Hbond substituents is 4. The monoisotopic (exact) mass is 550 g/mol. The van der Waals surface area contributed by atoms with Gasteiger partial charge in [-0.05, 0) is 18.2 Å². The zero-order valence-corrected chi connectivity index (χ0v) is 19.6. The summed E-state index contributed by atoms with van der Waals surface area (Å²) in [6.07, 6.45) is -9.95. The highest BCUT2D eigenvalue weighted by molar-refractivity contribution is 5.90. The predicted molar refractivity (Wildman–Crippen MR) is 125 cm³/mol. The minimum atomic E-state index is -1.93. The Labute approximate surface area is 216 Å². The number of phenols is 4. The van der Waals surface area contributed by atoms with Gasteiger partial charge in [0.15, 0.2) is 28.4 Å². The van der Waals surface area contributed by atoms with Gasteiger partial charge in [-0.25, -0.2) is 0 Å². The van der Waals surface area contributed by atoms with Crippen molar-refractivity contribution in [3.05, 3.63) is 40.6 Å². The number of aliphatic carboxylic acids is 1. The van der Waals surface area contributed by atoms with Gasteiger partial charge in [-0.15, -0.1) is 0 Å². The van der Waals surface area contributed by atoms with Crippen molar-refractivity contribution in [3.8, 4) is 40.1 Å². The highest BCUT2D eigenvalue weighted by Crippen LogP contribution is 2.43. The molecule has 0 amide bonds. The minimum Gasteiger partial charge on any atom is -0.504 e. The molecule has 208 valence electrons. The quantitative estimate of drug-likeness (QED) is 0.105. The molecule has 4 rings (SSSR count). The number of hydrogen-bond donors (Lipinski definition) is 8. The number of esters is 1. The number of hydrogen-bond acceptors (Lipinski definition) is 14. The van der Waals surface area contributed by atoms with E-state index in [1.807, 2.05) is 0 Å². The normalized spacial score (nSPS) is 22.9. The lowest BCUT2D eigenvalue weighted by Crippen LogP contribution is -2.60. The number of benzene rings is 2. The third-order valence-electron chi connectivity index (χ3n) is 5.81.